The van der Waals surface area contributed by atoms with Crippen LogP contribution in [0, 0.1) is 0 Å². The Morgan fingerprint density at radius 1 is 1.14 bits per heavy atom. The number of rotatable bonds is 1. The Labute approximate surface area is 159 Å². The Kier molecular flexibility index (Phi) is 3.79. The lowest BCUT2D eigenvalue weighted by atomic mass is 9.86. The fraction of sp³-hybridized carbons (Fsp3) is 0.350. The number of benzene rings is 2. The highest BCUT2D eigenvalue weighted by molar-refractivity contribution is 6.01. The topological polar surface area (TPSA) is 121 Å². The molecule has 0 saturated heterocycles. The molecule has 0 spiro atoms. The second-order valence-corrected chi connectivity index (χ2v) is 7.53. The molecule has 1 aliphatic heterocycles. The van der Waals surface area contributed by atoms with Gasteiger partial charge in [-0.05, 0) is 26.0 Å². The molecule has 148 valence electrons. The van der Waals surface area contributed by atoms with Crippen LogP contribution in [-0.4, -0.2) is 43.8 Å². The van der Waals surface area contributed by atoms with Crippen LogP contribution in [0.2, 0.25) is 0 Å². The van der Waals surface area contributed by atoms with Crippen LogP contribution in [0.4, 0.5) is 0 Å². The van der Waals surface area contributed by atoms with E-state index >= 15 is 0 Å². The van der Waals surface area contributed by atoms with Crippen molar-refractivity contribution in [2.45, 2.75) is 31.7 Å². The van der Waals surface area contributed by atoms with Gasteiger partial charge in [-0.1, -0.05) is 0 Å². The highest BCUT2D eigenvalue weighted by Crippen LogP contribution is 2.47. The summed E-state index contributed by atoms with van der Waals surface area (Å²) in [6, 6.07) is 4.06. The minimum absolute atomic E-state index is 0.0175. The van der Waals surface area contributed by atoms with E-state index in [1.54, 1.807) is 25.5 Å². The molecule has 8 nitrogen and oxygen atoms in total. The first-order valence-electron chi connectivity index (χ1n) is 8.73. The van der Waals surface area contributed by atoms with Gasteiger partial charge in [-0.2, -0.15) is 0 Å². The zero-order valence-electron chi connectivity index (χ0n) is 15.8. The molecule has 28 heavy (non-hydrogen) atoms. The Hall–Kier alpha value is -2.97. The van der Waals surface area contributed by atoms with Gasteiger partial charge in [0, 0.05) is 13.1 Å². The number of hydrogen-bond donors (Lipinski definition) is 4. The maximum atomic E-state index is 13.1. The number of fused-ring (bicyclic) bond motifs is 4. The summed E-state index contributed by atoms with van der Waals surface area (Å²) in [5.74, 6) is -0.205. The molecule has 2 aromatic carbocycles. The molecule has 0 fully saturated rings. The summed E-state index contributed by atoms with van der Waals surface area (Å²) in [4.78, 5) is 13.1. The van der Waals surface area contributed by atoms with Crippen molar-refractivity contribution in [3.05, 3.63) is 34.0 Å². The Morgan fingerprint density at radius 3 is 2.46 bits per heavy atom. The number of phenols is 2. The van der Waals surface area contributed by atoms with Gasteiger partial charge in [0.25, 0.3) is 0 Å². The molecule has 4 N–H and O–H groups in total. The van der Waals surface area contributed by atoms with Crippen LogP contribution in [0.25, 0.3) is 21.8 Å². The van der Waals surface area contributed by atoms with Gasteiger partial charge in [0.05, 0.1) is 34.5 Å². The standard InChI is InChI=1S/C20H21NO7/c1-20(2)19(26)17(25)13-11(28-20)7-10(23)12-15(13)21(3)14-8(16(12)24)5-6-9(22)18(14)27-4/h5-7,17,19,22-23,25-26H,1-4H3/t17-,19+/m0/s1. The third-order valence-corrected chi connectivity index (χ3v) is 5.42. The molecule has 1 aromatic heterocycles. The number of aryl methyl sites for hydroxylation is 1. The maximum Gasteiger partial charge on any atom is 0.201 e. The van der Waals surface area contributed by atoms with Gasteiger partial charge >= 0.3 is 0 Å². The molecule has 8 heteroatoms. The van der Waals surface area contributed by atoms with Gasteiger partial charge in [-0.3, -0.25) is 4.79 Å². The lowest BCUT2D eigenvalue weighted by molar-refractivity contribution is -0.111. The summed E-state index contributed by atoms with van der Waals surface area (Å²) in [7, 11) is 2.98. The first-order chi connectivity index (χ1) is 13.1. The van der Waals surface area contributed by atoms with Crippen LogP contribution in [-0.2, 0) is 7.05 Å². The van der Waals surface area contributed by atoms with E-state index in [2.05, 4.69) is 0 Å². The fourth-order valence-corrected chi connectivity index (χ4v) is 4.00. The average molecular weight is 387 g/mol. The monoisotopic (exact) mass is 387 g/mol. The van der Waals surface area contributed by atoms with Crippen molar-refractivity contribution in [2.24, 2.45) is 7.05 Å². The molecule has 2 heterocycles. The molecule has 0 aliphatic carbocycles. The van der Waals surface area contributed by atoms with Crippen molar-refractivity contribution in [2.75, 3.05) is 7.11 Å². The highest BCUT2D eigenvalue weighted by Gasteiger charge is 2.44. The van der Waals surface area contributed by atoms with Crippen molar-refractivity contribution in [3.63, 3.8) is 0 Å². The number of aromatic nitrogens is 1. The molecule has 2 atom stereocenters. The van der Waals surface area contributed by atoms with Crippen molar-refractivity contribution in [1.29, 1.82) is 0 Å². The number of aliphatic hydroxyl groups excluding tert-OH is 2. The largest absolute Gasteiger partial charge is 0.507 e. The number of aliphatic hydroxyl groups is 2. The van der Waals surface area contributed by atoms with Crippen LogP contribution >= 0.6 is 0 Å². The molecule has 1 aliphatic rings. The average Bonchev–Trinajstić information content (AvgIpc) is 2.62. The van der Waals surface area contributed by atoms with Crippen LogP contribution < -0.4 is 14.9 Å². The molecule has 0 bridgehead atoms. The zero-order chi connectivity index (χ0) is 20.5. The van der Waals surface area contributed by atoms with E-state index in [-0.39, 0.29) is 44.9 Å². The summed E-state index contributed by atoms with van der Waals surface area (Å²) in [5.41, 5.74) is -0.921. The normalized spacial score (nSPS) is 20.8. The number of nitrogens with zero attached hydrogens (tertiary/aromatic N) is 1. The number of hydrogen-bond acceptors (Lipinski definition) is 7. The van der Waals surface area contributed by atoms with E-state index in [4.69, 9.17) is 9.47 Å². The number of phenolic OH excluding ortho intramolecular Hbond substituents is 2. The summed E-state index contributed by atoms with van der Waals surface area (Å²) in [6.45, 7) is 3.23. The lowest BCUT2D eigenvalue weighted by Crippen LogP contribution is -2.49. The number of pyridine rings is 1. The molecule has 0 saturated carbocycles. The molecular weight excluding hydrogens is 366 g/mol. The molecule has 3 aromatic rings. The van der Waals surface area contributed by atoms with E-state index in [0.717, 1.165) is 0 Å². The minimum atomic E-state index is -1.35. The SMILES string of the molecule is COc1c(O)ccc2c(=O)c3c(O)cc4c(c3n(C)c12)[C@H](O)[C@@H](O)C(C)(C)O4. The smallest absolute Gasteiger partial charge is 0.201 e. The van der Waals surface area contributed by atoms with E-state index in [1.165, 1.54) is 25.3 Å². The first kappa shape index (κ1) is 18.4. The summed E-state index contributed by atoms with van der Waals surface area (Å²) >= 11 is 0. The quantitative estimate of drug-likeness (QED) is 0.469. The van der Waals surface area contributed by atoms with Crippen molar-refractivity contribution < 1.29 is 29.9 Å². The Balaban J connectivity index is 2.27. The molecule has 0 radical (unpaired) electrons. The minimum Gasteiger partial charge on any atom is -0.507 e. The summed E-state index contributed by atoms with van der Waals surface area (Å²) in [6.07, 6.45) is -2.61. The van der Waals surface area contributed by atoms with E-state index in [1.807, 2.05) is 0 Å². The van der Waals surface area contributed by atoms with E-state index in [0.29, 0.717) is 5.52 Å². The second kappa shape index (κ2) is 5.76. The third kappa shape index (κ3) is 2.22. The van der Waals surface area contributed by atoms with Crippen LogP contribution in [0.3, 0.4) is 0 Å². The van der Waals surface area contributed by atoms with E-state index < -0.39 is 23.2 Å². The van der Waals surface area contributed by atoms with Gasteiger partial charge < -0.3 is 34.5 Å². The number of methoxy groups -OCH3 is 1. The predicted octanol–water partition coefficient (Wildman–Crippen LogP) is 1.68. The van der Waals surface area contributed by atoms with Crippen LogP contribution in [0.15, 0.2) is 23.0 Å². The molecule has 4 rings (SSSR count). The Bertz CT molecular complexity index is 1200. The highest BCUT2D eigenvalue weighted by atomic mass is 16.5. The van der Waals surface area contributed by atoms with Gasteiger partial charge in [0.2, 0.25) is 5.43 Å². The van der Waals surface area contributed by atoms with Gasteiger partial charge in [0.1, 0.15) is 29.3 Å². The molecular formula is C20H21NO7. The molecule has 0 unspecified atom stereocenters. The van der Waals surface area contributed by atoms with Gasteiger partial charge in [-0.15, -0.1) is 0 Å². The van der Waals surface area contributed by atoms with Crippen molar-refractivity contribution in [1.82, 2.24) is 4.57 Å². The summed E-state index contributed by atoms with van der Waals surface area (Å²) in [5, 5.41) is 42.3. The van der Waals surface area contributed by atoms with Crippen molar-refractivity contribution in [3.8, 4) is 23.0 Å². The van der Waals surface area contributed by atoms with Crippen LogP contribution in [0.5, 0.6) is 23.0 Å². The summed E-state index contributed by atoms with van der Waals surface area (Å²) < 4.78 is 12.6. The predicted molar refractivity (Wildman–Crippen MR) is 102 cm³/mol. The van der Waals surface area contributed by atoms with Gasteiger partial charge in [0.15, 0.2) is 11.5 Å². The lowest BCUT2D eigenvalue weighted by Gasteiger charge is -2.40. The van der Waals surface area contributed by atoms with Gasteiger partial charge in [-0.25, -0.2) is 0 Å². The molecule has 0 amide bonds. The van der Waals surface area contributed by atoms with Crippen LogP contribution in [0.1, 0.15) is 25.5 Å². The van der Waals surface area contributed by atoms with Crippen molar-refractivity contribution >= 4 is 21.8 Å². The third-order valence-electron chi connectivity index (χ3n) is 5.42. The number of ether oxygens (including phenoxy) is 2. The second-order valence-electron chi connectivity index (χ2n) is 7.53. The van der Waals surface area contributed by atoms with E-state index in [9.17, 15) is 25.2 Å². The fourth-order valence-electron chi connectivity index (χ4n) is 4.00. The first-order valence-corrected chi connectivity index (χ1v) is 8.73. The maximum absolute atomic E-state index is 13.1. The zero-order valence-corrected chi connectivity index (χ0v) is 15.8. The Morgan fingerprint density at radius 2 is 1.82 bits per heavy atom. The number of aromatic hydroxyl groups is 2.